The molecule has 0 amide bonds. The Kier molecular flexibility index (Phi) is 4.19. The molecular formula is C6H12O5S. The third-order valence-corrected chi connectivity index (χ3v) is 3.44. The topological polar surface area (TPSA) is 80.7 Å². The highest BCUT2D eigenvalue weighted by Crippen LogP contribution is 2.03. The maximum absolute atomic E-state index is 11.1. The van der Waals surface area contributed by atoms with Gasteiger partial charge < -0.3 is 9.84 Å². The van der Waals surface area contributed by atoms with Crippen LogP contribution in [0.4, 0.5) is 0 Å². The van der Waals surface area contributed by atoms with Crippen LogP contribution < -0.4 is 0 Å². The third kappa shape index (κ3) is 2.78. The van der Waals surface area contributed by atoms with Crippen LogP contribution in [0.1, 0.15) is 6.92 Å². The smallest absolute Gasteiger partial charge is 0.324 e. The molecule has 0 aliphatic carbocycles. The van der Waals surface area contributed by atoms with E-state index in [0.29, 0.717) is 0 Å². The van der Waals surface area contributed by atoms with Crippen molar-refractivity contribution in [3.05, 3.63) is 0 Å². The first-order chi connectivity index (χ1) is 5.45. The zero-order chi connectivity index (χ0) is 9.78. The number of aliphatic carboxylic acids is 1. The van der Waals surface area contributed by atoms with Gasteiger partial charge in [0, 0.05) is 12.9 Å². The van der Waals surface area contributed by atoms with Crippen LogP contribution in [0.5, 0.6) is 0 Å². The summed E-state index contributed by atoms with van der Waals surface area (Å²) in [5.41, 5.74) is 0. The van der Waals surface area contributed by atoms with Crippen molar-refractivity contribution in [2.24, 2.45) is 0 Å². The summed E-state index contributed by atoms with van der Waals surface area (Å²) >= 11 is 0. The first kappa shape index (κ1) is 11.4. The van der Waals surface area contributed by atoms with E-state index in [9.17, 15) is 13.2 Å². The van der Waals surface area contributed by atoms with Crippen LogP contribution in [-0.2, 0) is 19.4 Å². The van der Waals surface area contributed by atoms with Gasteiger partial charge in [0.05, 0.1) is 6.61 Å². The van der Waals surface area contributed by atoms with Gasteiger partial charge in [-0.3, -0.25) is 4.79 Å². The average Bonchev–Trinajstić information content (AvgIpc) is 1.99. The minimum absolute atomic E-state index is 0.187. The minimum atomic E-state index is -3.55. The van der Waals surface area contributed by atoms with E-state index in [1.807, 2.05) is 0 Å². The van der Waals surface area contributed by atoms with E-state index >= 15 is 0 Å². The molecule has 12 heavy (non-hydrogen) atoms. The van der Waals surface area contributed by atoms with Crippen molar-refractivity contribution in [3.63, 3.8) is 0 Å². The molecule has 72 valence electrons. The maximum atomic E-state index is 11.1. The third-order valence-electron chi connectivity index (χ3n) is 1.43. The fourth-order valence-corrected chi connectivity index (χ4v) is 1.73. The number of carboxylic acids is 1. The number of carbonyl (C=O) groups is 1. The van der Waals surface area contributed by atoms with Gasteiger partial charge in [-0.1, -0.05) is 6.92 Å². The lowest BCUT2D eigenvalue weighted by Gasteiger charge is -2.09. The van der Waals surface area contributed by atoms with Crippen LogP contribution in [-0.4, -0.2) is 44.2 Å². The summed E-state index contributed by atoms with van der Waals surface area (Å²) < 4.78 is 26.6. The van der Waals surface area contributed by atoms with E-state index in [1.165, 1.54) is 14.0 Å². The van der Waals surface area contributed by atoms with Crippen LogP contribution in [0.25, 0.3) is 0 Å². The number of rotatable bonds is 5. The van der Waals surface area contributed by atoms with Gasteiger partial charge in [0.1, 0.15) is 0 Å². The standard InChI is InChI=1S/C6H12O5S/c1-3-12(9,10)5(4-11-2)6(7)8/h5H,3-4H2,1-2H3,(H,7,8). The van der Waals surface area contributed by atoms with Gasteiger partial charge in [0.15, 0.2) is 15.1 Å². The van der Waals surface area contributed by atoms with Crippen molar-refractivity contribution < 1.29 is 23.1 Å². The van der Waals surface area contributed by atoms with E-state index in [4.69, 9.17) is 5.11 Å². The number of hydrogen-bond acceptors (Lipinski definition) is 4. The van der Waals surface area contributed by atoms with Gasteiger partial charge in [-0.25, -0.2) is 8.42 Å². The Balaban J connectivity index is 4.63. The molecule has 1 unspecified atom stereocenters. The summed E-state index contributed by atoms with van der Waals surface area (Å²) in [7, 11) is -2.28. The Morgan fingerprint density at radius 3 is 2.33 bits per heavy atom. The lowest BCUT2D eigenvalue weighted by atomic mass is 10.5. The fraction of sp³-hybridized carbons (Fsp3) is 0.833. The Labute approximate surface area is 71.3 Å². The van der Waals surface area contributed by atoms with Gasteiger partial charge in [-0.15, -0.1) is 0 Å². The molecule has 5 nitrogen and oxygen atoms in total. The van der Waals surface area contributed by atoms with Crippen LogP contribution >= 0.6 is 0 Å². The highest BCUT2D eigenvalue weighted by Gasteiger charge is 2.30. The van der Waals surface area contributed by atoms with Gasteiger partial charge in [-0.05, 0) is 0 Å². The Hall–Kier alpha value is -0.620. The van der Waals surface area contributed by atoms with Gasteiger partial charge >= 0.3 is 5.97 Å². The van der Waals surface area contributed by atoms with E-state index in [1.54, 1.807) is 0 Å². The van der Waals surface area contributed by atoms with Gasteiger partial charge in [-0.2, -0.15) is 0 Å². The zero-order valence-electron chi connectivity index (χ0n) is 6.98. The molecule has 0 aromatic heterocycles. The molecule has 6 heteroatoms. The highest BCUT2D eigenvalue weighted by atomic mass is 32.2. The van der Waals surface area contributed by atoms with Gasteiger partial charge in [0.25, 0.3) is 0 Å². The van der Waals surface area contributed by atoms with Crippen molar-refractivity contribution in [3.8, 4) is 0 Å². The van der Waals surface area contributed by atoms with Crippen LogP contribution in [0, 0.1) is 0 Å². The van der Waals surface area contributed by atoms with Crippen molar-refractivity contribution in [1.82, 2.24) is 0 Å². The molecule has 0 aliphatic heterocycles. The second-order valence-corrected chi connectivity index (χ2v) is 4.71. The predicted molar refractivity (Wildman–Crippen MR) is 42.8 cm³/mol. The SMILES string of the molecule is CCS(=O)(=O)C(COC)C(=O)O. The van der Waals surface area contributed by atoms with Gasteiger partial charge in [0.2, 0.25) is 0 Å². The Bertz CT molecular complexity index is 243. The largest absolute Gasteiger partial charge is 0.480 e. The molecule has 0 heterocycles. The molecule has 1 N–H and O–H groups in total. The lowest BCUT2D eigenvalue weighted by molar-refractivity contribution is -0.137. The lowest BCUT2D eigenvalue weighted by Crippen LogP contribution is -2.35. The molecule has 0 saturated heterocycles. The normalized spacial score (nSPS) is 14.2. The predicted octanol–water partition coefficient (Wildman–Crippen LogP) is -0.479. The maximum Gasteiger partial charge on any atom is 0.324 e. The fourth-order valence-electron chi connectivity index (χ4n) is 0.681. The summed E-state index contributed by atoms with van der Waals surface area (Å²) in [4.78, 5) is 10.4. The van der Waals surface area contributed by atoms with Crippen LogP contribution in [0.2, 0.25) is 0 Å². The highest BCUT2D eigenvalue weighted by molar-refractivity contribution is 7.92. The Morgan fingerprint density at radius 1 is 1.58 bits per heavy atom. The number of methoxy groups -OCH3 is 1. The molecule has 0 rings (SSSR count). The molecule has 0 radical (unpaired) electrons. The Morgan fingerprint density at radius 2 is 2.08 bits per heavy atom. The summed E-state index contributed by atoms with van der Waals surface area (Å²) in [5, 5.41) is 7.07. The monoisotopic (exact) mass is 196 g/mol. The summed E-state index contributed by atoms with van der Waals surface area (Å²) in [6, 6.07) is 0. The minimum Gasteiger partial charge on any atom is -0.480 e. The zero-order valence-corrected chi connectivity index (χ0v) is 7.80. The molecule has 0 aromatic rings. The summed E-state index contributed by atoms with van der Waals surface area (Å²) in [6.07, 6.45) is 0. The van der Waals surface area contributed by atoms with Crippen molar-refractivity contribution in [2.45, 2.75) is 12.2 Å². The van der Waals surface area contributed by atoms with Crippen molar-refractivity contribution >= 4 is 15.8 Å². The quantitative estimate of drug-likeness (QED) is 0.642. The number of sulfone groups is 1. The first-order valence-electron chi connectivity index (χ1n) is 3.39. The van der Waals surface area contributed by atoms with Crippen LogP contribution in [0.15, 0.2) is 0 Å². The molecule has 0 spiro atoms. The average molecular weight is 196 g/mol. The van der Waals surface area contributed by atoms with E-state index in [0.717, 1.165) is 0 Å². The molecular weight excluding hydrogens is 184 g/mol. The second kappa shape index (κ2) is 4.42. The number of ether oxygens (including phenoxy) is 1. The van der Waals surface area contributed by atoms with E-state index in [-0.39, 0.29) is 12.4 Å². The van der Waals surface area contributed by atoms with Crippen LogP contribution in [0.3, 0.4) is 0 Å². The number of hydrogen-bond donors (Lipinski definition) is 1. The number of carboxylic acid groups (broad SMARTS) is 1. The molecule has 0 aromatic carbocycles. The second-order valence-electron chi connectivity index (χ2n) is 2.23. The summed E-state index contributed by atoms with van der Waals surface area (Å²) in [5.74, 6) is -1.55. The first-order valence-corrected chi connectivity index (χ1v) is 5.10. The summed E-state index contributed by atoms with van der Waals surface area (Å²) in [6.45, 7) is 1.10. The van der Waals surface area contributed by atoms with E-state index in [2.05, 4.69) is 4.74 Å². The molecule has 0 aliphatic rings. The molecule has 1 atom stereocenters. The molecule has 0 fully saturated rings. The van der Waals surface area contributed by atoms with E-state index < -0.39 is 21.1 Å². The molecule has 0 bridgehead atoms. The molecule has 0 saturated carbocycles. The van der Waals surface area contributed by atoms with Crippen molar-refractivity contribution in [1.29, 1.82) is 0 Å². The van der Waals surface area contributed by atoms with Crippen molar-refractivity contribution in [2.75, 3.05) is 19.5 Å².